The summed E-state index contributed by atoms with van der Waals surface area (Å²) in [6.07, 6.45) is 3.36. The molecule has 0 unspecified atom stereocenters. The van der Waals surface area contributed by atoms with Crippen molar-refractivity contribution in [1.29, 1.82) is 0 Å². The Bertz CT molecular complexity index is 1090. The van der Waals surface area contributed by atoms with Crippen molar-refractivity contribution in [3.63, 3.8) is 0 Å². The van der Waals surface area contributed by atoms with Gasteiger partial charge in [0.25, 0.3) is 5.56 Å². The number of aromatic nitrogens is 3. The number of hydrogen-bond donors (Lipinski definition) is 0. The average molecular weight is 361 g/mol. The molecular formula is C16H15N3O3S2. The molecule has 3 rings (SSSR count). The van der Waals surface area contributed by atoms with Gasteiger partial charge in [0, 0.05) is 18.6 Å². The van der Waals surface area contributed by atoms with Crippen molar-refractivity contribution in [3.8, 4) is 0 Å². The van der Waals surface area contributed by atoms with E-state index in [9.17, 15) is 13.2 Å². The number of hydrogen-bond acceptors (Lipinski definition) is 6. The van der Waals surface area contributed by atoms with Crippen LogP contribution in [0.25, 0.3) is 11.0 Å². The second-order valence-corrected chi connectivity index (χ2v) is 8.02. The lowest BCUT2D eigenvalue weighted by Gasteiger charge is -2.09. The average Bonchev–Trinajstić information content (AvgIpc) is 2.58. The molecule has 0 spiro atoms. The molecule has 8 heteroatoms. The molecule has 0 aliphatic carbocycles. The molecule has 0 saturated heterocycles. The maximum atomic E-state index is 12.8. The first-order valence-corrected chi connectivity index (χ1v) is 9.78. The molecule has 0 N–H and O–H groups in total. The third kappa shape index (κ3) is 2.71. The summed E-state index contributed by atoms with van der Waals surface area (Å²) in [5, 5.41) is 1.02. The summed E-state index contributed by atoms with van der Waals surface area (Å²) in [6.45, 7) is 1.87. The first-order chi connectivity index (χ1) is 11.3. The molecular weight excluding hydrogens is 346 g/mol. The Hall–Kier alpha value is -2.19. The quantitative estimate of drug-likeness (QED) is 0.525. The zero-order valence-electron chi connectivity index (χ0n) is 13.3. The SMILES string of the molecule is CSc1ncc2cc(S(=O)(=O)c3ccc(C)cc3)c(=O)n(C)c2n1. The van der Waals surface area contributed by atoms with Gasteiger partial charge in [-0.2, -0.15) is 0 Å². The van der Waals surface area contributed by atoms with Crippen molar-refractivity contribution >= 4 is 32.6 Å². The largest absolute Gasteiger partial charge is 0.295 e. The van der Waals surface area contributed by atoms with Gasteiger partial charge in [-0.25, -0.2) is 18.4 Å². The van der Waals surface area contributed by atoms with Gasteiger partial charge in [-0.1, -0.05) is 29.5 Å². The summed E-state index contributed by atoms with van der Waals surface area (Å²) < 4.78 is 26.9. The van der Waals surface area contributed by atoms with E-state index in [1.807, 2.05) is 13.2 Å². The Morgan fingerprint density at radius 3 is 2.46 bits per heavy atom. The fourth-order valence-corrected chi connectivity index (χ4v) is 4.07. The lowest BCUT2D eigenvalue weighted by Crippen LogP contribution is -2.25. The maximum absolute atomic E-state index is 12.8. The summed E-state index contributed by atoms with van der Waals surface area (Å²) >= 11 is 1.35. The van der Waals surface area contributed by atoms with E-state index in [0.717, 1.165) is 5.56 Å². The Morgan fingerprint density at radius 2 is 1.83 bits per heavy atom. The number of aryl methyl sites for hydroxylation is 2. The van der Waals surface area contributed by atoms with E-state index in [2.05, 4.69) is 9.97 Å². The van der Waals surface area contributed by atoms with E-state index in [1.54, 1.807) is 12.1 Å². The summed E-state index contributed by atoms with van der Waals surface area (Å²) in [7, 11) is -2.40. The molecule has 0 radical (unpaired) electrons. The van der Waals surface area contributed by atoms with Gasteiger partial charge in [0.2, 0.25) is 9.84 Å². The number of pyridine rings is 1. The molecule has 124 valence electrons. The van der Waals surface area contributed by atoms with Crippen LogP contribution < -0.4 is 5.56 Å². The van der Waals surface area contributed by atoms with Gasteiger partial charge in [-0.15, -0.1) is 0 Å². The van der Waals surface area contributed by atoms with Crippen LogP contribution in [0.4, 0.5) is 0 Å². The third-order valence-corrected chi connectivity index (χ3v) is 6.02. The van der Waals surface area contributed by atoms with Gasteiger partial charge in [0.05, 0.1) is 4.90 Å². The Morgan fingerprint density at radius 1 is 1.17 bits per heavy atom. The van der Waals surface area contributed by atoms with E-state index in [-0.39, 0.29) is 9.79 Å². The smallest absolute Gasteiger partial charge is 0.271 e. The van der Waals surface area contributed by atoms with Crippen LogP contribution in [-0.4, -0.2) is 29.2 Å². The highest BCUT2D eigenvalue weighted by Gasteiger charge is 2.23. The minimum atomic E-state index is -3.91. The van der Waals surface area contributed by atoms with E-state index in [1.165, 1.54) is 47.8 Å². The van der Waals surface area contributed by atoms with Crippen molar-refractivity contribution in [3.05, 3.63) is 52.4 Å². The van der Waals surface area contributed by atoms with Gasteiger partial charge in [0.15, 0.2) is 5.16 Å². The zero-order chi connectivity index (χ0) is 17.5. The maximum Gasteiger partial charge on any atom is 0.271 e. The molecule has 0 fully saturated rings. The van der Waals surface area contributed by atoms with E-state index < -0.39 is 15.4 Å². The molecule has 6 nitrogen and oxygen atoms in total. The van der Waals surface area contributed by atoms with E-state index in [0.29, 0.717) is 16.2 Å². The van der Waals surface area contributed by atoms with Crippen LogP contribution in [0.5, 0.6) is 0 Å². The fourth-order valence-electron chi connectivity index (χ4n) is 2.34. The molecule has 0 amide bonds. The van der Waals surface area contributed by atoms with Crippen molar-refractivity contribution < 1.29 is 8.42 Å². The zero-order valence-corrected chi connectivity index (χ0v) is 15.0. The molecule has 3 aromatic rings. The van der Waals surface area contributed by atoms with Crippen molar-refractivity contribution in [2.24, 2.45) is 7.05 Å². The van der Waals surface area contributed by atoms with Gasteiger partial charge < -0.3 is 0 Å². The lowest BCUT2D eigenvalue weighted by molar-refractivity contribution is 0.593. The molecule has 0 bridgehead atoms. The number of benzene rings is 1. The number of rotatable bonds is 3. The highest BCUT2D eigenvalue weighted by molar-refractivity contribution is 7.98. The molecule has 1 aromatic carbocycles. The second kappa shape index (κ2) is 6.03. The lowest BCUT2D eigenvalue weighted by atomic mass is 10.2. The van der Waals surface area contributed by atoms with Crippen LogP contribution >= 0.6 is 11.8 Å². The number of fused-ring (bicyclic) bond motifs is 1. The van der Waals surface area contributed by atoms with Gasteiger partial charge in [-0.05, 0) is 31.4 Å². The van der Waals surface area contributed by atoms with Gasteiger partial charge in [-0.3, -0.25) is 9.36 Å². The van der Waals surface area contributed by atoms with Crippen molar-refractivity contribution in [2.75, 3.05) is 6.26 Å². The number of nitrogens with zero attached hydrogens (tertiary/aromatic N) is 3. The van der Waals surface area contributed by atoms with E-state index in [4.69, 9.17) is 0 Å². The van der Waals surface area contributed by atoms with Crippen LogP contribution in [0, 0.1) is 6.92 Å². The second-order valence-electron chi connectivity index (χ2n) is 5.32. The Labute approximate surface area is 143 Å². The summed E-state index contributed by atoms with van der Waals surface area (Å²) in [5.74, 6) is 0. The first-order valence-electron chi connectivity index (χ1n) is 7.07. The first kappa shape index (κ1) is 16.7. The van der Waals surface area contributed by atoms with Gasteiger partial charge >= 0.3 is 0 Å². The highest BCUT2D eigenvalue weighted by Crippen LogP contribution is 2.22. The standard InChI is InChI=1S/C16H15N3O3S2/c1-10-4-6-12(7-5-10)24(21,22)13-8-11-9-17-16(23-3)18-14(11)19(2)15(13)20/h4-9H,1-3H3. The third-order valence-electron chi connectivity index (χ3n) is 3.70. The van der Waals surface area contributed by atoms with Crippen LogP contribution in [-0.2, 0) is 16.9 Å². The Kier molecular flexibility index (Phi) is 4.18. The van der Waals surface area contributed by atoms with Crippen LogP contribution in [0.15, 0.2) is 56.3 Å². The van der Waals surface area contributed by atoms with Crippen molar-refractivity contribution in [2.45, 2.75) is 21.9 Å². The monoisotopic (exact) mass is 361 g/mol. The van der Waals surface area contributed by atoms with Crippen LogP contribution in [0.1, 0.15) is 5.56 Å². The predicted molar refractivity (Wildman–Crippen MR) is 93.2 cm³/mol. The number of sulfone groups is 1. The molecule has 24 heavy (non-hydrogen) atoms. The molecule has 2 aromatic heterocycles. The normalized spacial score (nSPS) is 11.8. The molecule has 0 saturated carbocycles. The summed E-state index contributed by atoms with van der Waals surface area (Å²) in [4.78, 5) is 20.8. The predicted octanol–water partition coefficient (Wildman–Crippen LogP) is 2.19. The highest BCUT2D eigenvalue weighted by atomic mass is 32.2. The molecule has 2 heterocycles. The van der Waals surface area contributed by atoms with E-state index >= 15 is 0 Å². The summed E-state index contributed by atoms with van der Waals surface area (Å²) in [5.41, 5.74) is 0.745. The molecule has 0 aliphatic rings. The van der Waals surface area contributed by atoms with Crippen LogP contribution in [0.2, 0.25) is 0 Å². The minimum Gasteiger partial charge on any atom is -0.295 e. The summed E-state index contributed by atoms with van der Waals surface area (Å²) in [6, 6.07) is 7.75. The van der Waals surface area contributed by atoms with Crippen LogP contribution in [0.3, 0.4) is 0 Å². The Balaban J connectivity index is 2.28. The number of thioether (sulfide) groups is 1. The van der Waals surface area contributed by atoms with Crippen molar-refractivity contribution in [1.82, 2.24) is 14.5 Å². The molecule has 0 atom stereocenters. The topological polar surface area (TPSA) is 81.9 Å². The fraction of sp³-hybridized carbons (Fsp3) is 0.188. The minimum absolute atomic E-state index is 0.0891. The van der Waals surface area contributed by atoms with Gasteiger partial charge in [0.1, 0.15) is 10.5 Å². The molecule has 0 aliphatic heterocycles.